The Labute approximate surface area is 420 Å². The second-order valence-electron chi connectivity index (χ2n) is 15.7. The molecule has 0 saturated heterocycles. The first-order valence-electron chi connectivity index (χ1n) is 24.0. The first-order valence-corrected chi connectivity index (χ1v) is 24.0. The zero-order valence-corrected chi connectivity index (χ0v) is 41.8. The Balaban J connectivity index is 1.53. The molecule has 0 aromatic heterocycles. The molecule has 0 aliphatic carbocycles. The SMILES string of the molecule is CNCCCC[C@H](NC(=O)[C@@H](NC(=O)CCOCCOCCOCCOCCOCCOCCOCCOCCOCCN=[N+]=[N-])C(C)C)C(=O)Nc1ccc(COC(=O)Oc2ccc([N+](=O)[O-])cc2)cc1. The van der Waals surface area contributed by atoms with Crippen molar-refractivity contribution >= 4 is 35.3 Å². The van der Waals surface area contributed by atoms with E-state index in [-0.39, 0.29) is 49.5 Å². The minimum Gasteiger partial charge on any atom is -0.429 e. The van der Waals surface area contributed by atoms with Crippen molar-refractivity contribution in [2.24, 2.45) is 11.0 Å². The molecule has 2 aromatic rings. The molecule has 25 heteroatoms. The molecule has 72 heavy (non-hydrogen) atoms. The van der Waals surface area contributed by atoms with E-state index in [1.807, 2.05) is 7.05 Å². The van der Waals surface area contributed by atoms with Crippen LogP contribution in [0.5, 0.6) is 5.75 Å². The fraction of sp³-hybridized carbons (Fsp3) is 0.660. The van der Waals surface area contributed by atoms with Crippen molar-refractivity contribution in [2.45, 2.75) is 58.2 Å². The van der Waals surface area contributed by atoms with Crippen LogP contribution in [-0.4, -0.2) is 180 Å². The molecule has 2 aromatic carbocycles. The van der Waals surface area contributed by atoms with Gasteiger partial charge in [0, 0.05) is 35.7 Å². The Kier molecular flexibility index (Phi) is 36.5. The van der Waals surface area contributed by atoms with E-state index in [9.17, 15) is 29.3 Å². The molecule has 0 saturated carbocycles. The Bertz CT molecular complexity index is 1830. The number of hydrogen-bond donors (Lipinski definition) is 4. The van der Waals surface area contributed by atoms with Crippen molar-refractivity contribution in [1.82, 2.24) is 16.0 Å². The second-order valence-corrected chi connectivity index (χ2v) is 15.7. The van der Waals surface area contributed by atoms with Crippen molar-refractivity contribution in [3.05, 3.63) is 74.7 Å². The zero-order chi connectivity index (χ0) is 52.3. The third kappa shape index (κ3) is 32.4. The minimum atomic E-state index is -0.999. The van der Waals surface area contributed by atoms with E-state index < -0.39 is 35.0 Å². The molecular weight excluding hydrogens is 949 g/mol. The van der Waals surface area contributed by atoms with Crippen LogP contribution in [0.1, 0.15) is 45.1 Å². The number of nitro benzene ring substituents is 1. The highest BCUT2D eigenvalue weighted by Gasteiger charge is 2.29. The first-order chi connectivity index (χ1) is 35.0. The molecule has 25 nitrogen and oxygen atoms in total. The largest absolute Gasteiger partial charge is 0.514 e. The number of nitro groups is 1. The van der Waals surface area contributed by atoms with Crippen LogP contribution < -0.4 is 26.0 Å². The molecule has 4 N–H and O–H groups in total. The molecule has 0 unspecified atom stereocenters. The number of rotatable bonds is 45. The highest BCUT2D eigenvalue weighted by Crippen LogP contribution is 2.18. The van der Waals surface area contributed by atoms with E-state index in [0.717, 1.165) is 13.0 Å². The molecule has 0 heterocycles. The standard InChI is InChI=1S/C47H74N8O17/c1-37(2)44(46(58)52-42(6-4-5-16-49-3)45(57)51-39-9-7-38(8-10-39)36-71-47(59)72-41-13-11-40(12-14-41)55(60)61)53-43(56)15-18-62-20-22-64-24-26-66-28-30-68-32-34-70-35-33-69-31-29-67-27-25-65-23-21-63-19-17-50-54-48/h7-14,37,42,44,49H,4-6,15-36H2,1-3H3,(H,51,57)(H,52,58)(H,53,56)/t42-,44-/m0/s1. The quantitative estimate of drug-likeness (QED) is 0.0106. The van der Waals surface area contributed by atoms with Gasteiger partial charge >= 0.3 is 6.16 Å². The summed E-state index contributed by atoms with van der Waals surface area (Å²) in [4.78, 5) is 64.9. The molecule has 0 radical (unpaired) electrons. The normalized spacial score (nSPS) is 11.9. The molecular formula is C47H74N8O17. The smallest absolute Gasteiger partial charge is 0.429 e. The van der Waals surface area contributed by atoms with Gasteiger partial charge in [0.1, 0.15) is 24.4 Å². The summed E-state index contributed by atoms with van der Waals surface area (Å²) in [6.45, 7) is 11.6. The number of carbonyl (C=O) groups excluding carboxylic acids is 4. The highest BCUT2D eigenvalue weighted by atomic mass is 16.7. The molecule has 3 amide bonds. The van der Waals surface area contributed by atoms with Crippen LogP contribution >= 0.6 is 0 Å². The van der Waals surface area contributed by atoms with Gasteiger partial charge in [-0.1, -0.05) is 31.1 Å². The Morgan fingerprint density at radius 1 is 0.653 bits per heavy atom. The van der Waals surface area contributed by atoms with Crippen LogP contribution in [0.15, 0.2) is 53.6 Å². The summed E-state index contributed by atoms with van der Waals surface area (Å²) in [5.74, 6) is -1.51. The molecule has 0 aliphatic rings. The van der Waals surface area contributed by atoms with Gasteiger partial charge < -0.3 is 73.4 Å². The van der Waals surface area contributed by atoms with Crippen LogP contribution in [0.2, 0.25) is 0 Å². The number of unbranched alkanes of at least 4 members (excludes halogenated alkanes) is 1. The van der Waals surface area contributed by atoms with Gasteiger partial charge in [-0.05, 0) is 74.1 Å². The number of non-ortho nitro benzene ring substituents is 1. The number of ether oxygens (including phenoxy) is 11. The second kappa shape index (κ2) is 42.0. The van der Waals surface area contributed by atoms with Gasteiger partial charge in [0.05, 0.1) is 124 Å². The lowest BCUT2D eigenvalue weighted by atomic mass is 10.0. The van der Waals surface area contributed by atoms with Crippen LogP contribution in [0, 0.1) is 16.0 Å². The lowest BCUT2D eigenvalue weighted by Gasteiger charge is -2.25. The molecule has 2 rings (SSSR count). The van der Waals surface area contributed by atoms with E-state index in [1.165, 1.54) is 24.3 Å². The van der Waals surface area contributed by atoms with Crippen LogP contribution in [0.3, 0.4) is 0 Å². The van der Waals surface area contributed by atoms with Crippen molar-refractivity contribution in [3.63, 3.8) is 0 Å². The monoisotopic (exact) mass is 1020 g/mol. The Morgan fingerprint density at radius 2 is 1.14 bits per heavy atom. The van der Waals surface area contributed by atoms with Crippen molar-refractivity contribution in [3.8, 4) is 5.75 Å². The lowest BCUT2D eigenvalue weighted by molar-refractivity contribution is -0.384. The number of azide groups is 1. The molecule has 404 valence electrons. The molecule has 2 atom stereocenters. The van der Waals surface area contributed by atoms with Gasteiger partial charge in [-0.15, -0.1) is 0 Å². The number of benzene rings is 2. The summed E-state index contributed by atoms with van der Waals surface area (Å²) in [5.41, 5.74) is 9.07. The summed E-state index contributed by atoms with van der Waals surface area (Å²) in [7, 11) is 1.83. The average Bonchev–Trinajstić information content (AvgIpc) is 3.36. The fourth-order valence-corrected chi connectivity index (χ4v) is 5.95. The van der Waals surface area contributed by atoms with Gasteiger partial charge in [-0.25, -0.2) is 4.79 Å². The summed E-state index contributed by atoms with van der Waals surface area (Å²) < 4.78 is 59.2. The minimum absolute atomic E-state index is 0.0177. The zero-order valence-electron chi connectivity index (χ0n) is 41.8. The van der Waals surface area contributed by atoms with Crippen molar-refractivity contribution in [2.75, 3.05) is 144 Å². The Morgan fingerprint density at radius 3 is 1.60 bits per heavy atom. The number of amides is 3. The van der Waals surface area contributed by atoms with E-state index in [4.69, 9.17) is 57.6 Å². The van der Waals surface area contributed by atoms with Crippen LogP contribution in [-0.2, 0) is 68.4 Å². The first kappa shape index (κ1) is 62.5. The highest BCUT2D eigenvalue weighted by molar-refractivity contribution is 5.98. The maximum absolute atomic E-state index is 13.5. The topological polar surface area (TPSA) is 310 Å². The maximum atomic E-state index is 13.5. The Hall–Kier alpha value is -5.57. The van der Waals surface area contributed by atoms with E-state index in [1.54, 1.807) is 38.1 Å². The van der Waals surface area contributed by atoms with Gasteiger partial charge in [-0.2, -0.15) is 0 Å². The summed E-state index contributed by atoms with van der Waals surface area (Å²) in [5, 5.41) is 25.7. The van der Waals surface area contributed by atoms with Gasteiger partial charge in [0.25, 0.3) is 5.69 Å². The summed E-state index contributed by atoms with van der Waals surface area (Å²) >= 11 is 0. The molecule has 0 aliphatic heterocycles. The maximum Gasteiger partial charge on any atom is 0.514 e. The number of nitrogens with one attached hydrogen (secondary N) is 4. The predicted octanol–water partition coefficient (Wildman–Crippen LogP) is 4.11. The third-order valence-corrected chi connectivity index (χ3v) is 9.74. The fourth-order valence-electron chi connectivity index (χ4n) is 5.95. The molecule has 0 bridgehead atoms. The summed E-state index contributed by atoms with van der Waals surface area (Å²) in [6, 6.07) is 9.71. The van der Waals surface area contributed by atoms with Gasteiger partial charge in [0.2, 0.25) is 17.7 Å². The van der Waals surface area contributed by atoms with E-state index in [2.05, 4.69) is 31.3 Å². The van der Waals surface area contributed by atoms with Crippen molar-refractivity contribution < 1.29 is 76.2 Å². The number of carbonyl (C=O) groups is 4. The number of nitrogens with zero attached hydrogens (tertiary/aromatic N) is 4. The van der Waals surface area contributed by atoms with Crippen LogP contribution in [0.4, 0.5) is 16.2 Å². The number of hydrogen-bond acceptors (Lipinski definition) is 19. The van der Waals surface area contributed by atoms with Gasteiger partial charge in [0.15, 0.2) is 0 Å². The molecule has 0 fully saturated rings. The lowest BCUT2D eigenvalue weighted by Crippen LogP contribution is -2.54. The number of anilines is 1. The third-order valence-electron chi connectivity index (χ3n) is 9.74. The average molecular weight is 1020 g/mol. The van der Waals surface area contributed by atoms with Crippen molar-refractivity contribution in [1.29, 1.82) is 0 Å². The van der Waals surface area contributed by atoms with Gasteiger partial charge in [-0.3, -0.25) is 24.5 Å². The van der Waals surface area contributed by atoms with E-state index >= 15 is 0 Å². The van der Waals surface area contributed by atoms with Crippen LogP contribution in [0.25, 0.3) is 10.4 Å². The predicted molar refractivity (Wildman–Crippen MR) is 261 cm³/mol. The summed E-state index contributed by atoms with van der Waals surface area (Å²) in [6.07, 6.45) is 0.785. The molecule has 0 spiro atoms. The van der Waals surface area contributed by atoms with E-state index in [0.29, 0.717) is 136 Å².